The number of halogens is 2. The zero-order chi connectivity index (χ0) is 26.2. The molecule has 5 rings (SSSR count). The van der Waals surface area contributed by atoms with Gasteiger partial charge in [-0.2, -0.15) is 13.8 Å². The Hall–Kier alpha value is -3.54. The van der Waals surface area contributed by atoms with Crippen LogP contribution in [0.4, 0.5) is 31.9 Å². The van der Waals surface area contributed by atoms with Gasteiger partial charge in [0.1, 0.15) is 11.4 Å². The Bertz CT molecular complexity index is 1180. The minimum atomic E-state index is -3.54. The molecule has 2 amide bonds. The van der Waals surface area contributed by atoms with Crippen LogP contribution in [-0.2, 0) is 4.79 Å². The van der Waals surface area contributed by atoms with Crippen LogP contribution in [0.25, 0.3) is 0 Å². The van der Waals surface area contributed by atoms with Crippen molar-refractivity contribution in [3.8, 4) is 5.75 Å². The zero-order valence-corrected chi connectivity index (χ0v) is 20.9. The second-order valence-corrected chi connectivity index (χ2v) is 9.74. The molecule has 3 heterocycles. The molecule has 0 radical (unpaired) electrons. The maximum atomic E-state index is 14.8. The summed E-state index contributed by atoms with van der Waals surface area (Å²) in [4.78, 5) is 36.5. The van der Waals surface area contributed by atoms with Gasteiger partial charge in [-0.05, 0) is 44.0 Å². The van der Waals surface area contributed by atoms with E-state index in [-0.39, 0.29) is 35.4 Å². The van der Waals surface area contributed by atoms with E-state index in [4.69, 9.17) is 4.74 Å². The Morgan fingerprint density at radius 3 is 2.73 bits per heavy atom. The molecule has 2 aromatic rings. The molecule has 1 aliphatic carbocycles. The summed E-state index contributed by atoms with van der Waals surface area (Å²) >= 11 is 0. The first-order valence-corrected chi connectivity index (χ1v) is 12.5. The smallest absolute Gasteiger partial charge is 0.342 e. The molecule has 1 atom stereocenters. The van der Waals surface area contributed by atoms with Crippen LogP contribution < -0.4 is 30.5 Å². The van der Waals surface area contributed by atoms with Crippen LogP contribution in [0.2, 0.25) is 0 Å². The summed E-state index contributed by atoms with van der Waals surface area (Å²) in [5.74, 6) is -4.15. The highest BCUT2D eigenvalue weighted by Crippen LogP contribution is 2.40. The molecular weight excluding hydrogens is 484 g/mol. The van der Waals surface area contributed by atoms with E-state index in [1.54, 1.807) is 23.1 Å². The van der Waals surface area contributed by atoms with E-state index in [0.29, 0.717) is 17.0 Å². The van der Waals surface area contributed by atoms with Gasteiger partial charge >= 0.3 is 5.92 Å². The molecule has 3 aliphatic rings. The molecular formula is C25H31F2N7O3. The van der Waals surface area contributed by atoms with Crippen LogP contribution in [0, 0.1) is 0 Å². The molecule has 37 heavy (non-hydrogen) atoms. The van der Waals surface area contributed by atoms with Gasteiger partial charge in [0.2, 0.25) is 5.95 Å². The van der Waals surface area contributed by atoms with Crippen LogP contribution in [0.1, 0.15) is 42.5 Å². The first-order chi connectivity index (χ1) is 17.8. The number of carbonyl (C=O) groups excluding carboxylic acids is 2. The van der Waals surface area contributed by atoms with Crippen molar-refractivity contribution in [3.05, 3.63) is 30.0 Å². The monoisotopic (exact) mass is 515 g/mol. The van der Waals surface area contributed by atoms with E-state index in [1.807, 2.05) is 0 Å². The summed E-state index contributed by atoms with van der Waals surface area (Å²) < 4.78 is 35.1. The summed E-state index contributed by atoms with van der Waals surface area (Å²) in [6, 6.07) is 4.94. The number of fused-ring (bicyclic) bond motifs is 1. The van der Waals surface area contributed by atoms with E-state index in [0.717, 1.165) is 50.1 Å². The molecule has 0 bridgehead atoms. The molecule has 12 heteroatoms. The van der Waals surface area contributed by atoms with E-state index in [9.17, 15) is 18.4 Å². The maximum absolute atomic E-state index is 14.8. The number of alkyl halides is 2. The van der Waals surface area contributed by atoms with Crippen molar-refractivity contribution in [2.75, 3.05) is 48.9 Å². The molecule has 1 saturated heterocycles. The van der Waals surface area contributed by atoms with E-state index >= 15 is 0 Å². The number of ether oxygens (including phenoxy) is 1. The standard InChI is InChI=1S/C25H31F2N7O3/c1-33-19-13-29-24(32-21(19)34(17-5-3-4-6-17)14-25(26,27)23(33)36)31-18-8-7-15(11-20(18)37-2)22(35)30-16-9-10-28-12-16/h7-8,11,13,16-17,28H,3-6,9-10,12,14H2,1-2H3,(H,30,35)(H,29,31,32)/t16-/m0/s1. The first kappa shape index (κ1) is 25.1. The van der Waals surface area contributed by atoms with Crippen molar-refractivity contribution >= 4 is 35.0 Å². The van der Waals surface area contributed by atoms with Crippen LogP contribution in [-0.4, -0.2) is 73.6 Å². The van der Waals surface area contributed by atoms with Crippen molar-refractivity contribution in [2.24, 2.45) is 0 Å². The molecule has 1 aromatic carbocycles. The second kappa shape index (κ2) is 10.1. The molecule has 198 valence electrons. The third-order valence-corrected chi connectivity index (χ3v) is 7.24. The number of aromatic nitrogens is 2. The fourth-order valence-corrected chi connectivity index (χ4v) is 5.21. The number of hydrogen-bond acceptors (Lipinski definition) is 8. The average molecular weight is 516 g/mol. The zero-order valence-electron chi connectivity index (χ0n) is 20.9. The van der Waals surface area contributed by atoms with Gasteiger partial charge in [0.05, 0.1) is 25.5 Å². The van der Waals surface area contributed by atoms with Crippen molar-refractivity contribution in [2.45, 2.75) is 50.1 Å². The van der Waals surface area contributed by atoms with E-state index < -0.39 is 18.4 Å². The average Bonchev–Trinajstić information content (AvgIpc) is 3.60. The summed E-state index contributed by atoms with van der Waals surface area (Å²) in [7, 11) is 2.81. The number of anilines is 4. The van der Waals surface area contributed by atoms with Gasteiger partial charge in [0.25, 0.3) is 11.8 Å². The summed E-state index contributed by atoms with van der Waals surface area (Å²) in [5.41, 5.74) is 1.20. The minimum Gasteiger partial charge on any atom is -0.495 e. The lowest BCUT2D eigenvalue weighted by Gasteiger charge is -2.31. The molecule has 0 spiro atoms. The van der Waals surface area contributed by atoms with Crippen molar-refractivity contribution in [1.29, 1.82) is 0 Å². The number of hydrogen-bond donors (Lipinski definition) is 3. The predicted octanol–water partition coefficient (Wildman–Crippen LogP) is 2.68. The van der Waals surface area contributed by atoms with Gasteiger partial charge in [0, 0.05) is 31.2 Å². The minimum absolute atomic E-state index is 0.0875. The van der Waals surface area contributed by atoms with Crippen LogP contribution in [0.3, 0.4) is 0 Å². The Morgan fingerprint density at radius 2 is 2.03 bits per heavy atom. The Labute approximate surface area is 213 Å². The summed E-state index contributed by atoms with van der Waals surface area (Å²) in [6.07, 6.45) is 5.66. The van der Waals surface area contributed by atoms with Crippen molar-refractivity contribution in [3.63, 3.8) is 0 Å². The highest BCUT2D eigenvalue weighted by atomic mass is 19.3. The van der Waals surface area contributed by atoms with E-state index in [1.165, 1.54) is 20.4 Å². The van der Waals surface area contributed by atoms with Gasteiger partial charge in [-0.25, -0.2) is 4.98 Å². The predicted molar refractivity (Wildman–Crippen MR) is 135 cm³/mol. The highest BCUT2D eigenvalue weighted by molar-refractivity contribution is 6.02. The molecule has 0 unspecified atom stereocenters. The lowest BCUT2D eigenvalue weighted by molar-refractivity contribution is -0.140. The maximum Gasteiger partial charge on any atom is 0.342 e. The lowest BCUT2D eigenvalue weighted by atomic mass is 10.1. The van der Waals surface area contributed by atoms with Gasteiger partial charge in [0.15, 0.2) is 5.82 Å². The van der Waals surface area contributed by atoms with E-state index in [2.05, 4.69) is 25.9 Å². The van der Waals surface area contributed by atoms with Gasteiger partial charge in [-0.1, -0.05) is 12.8 Å². The second-order valence-electron chi connectivity index (χ2n) is 9.74. The number of nitrogens with zero attached hydrogens (tertiary/aromatic N) is 4. The molecule has 1 aromatic heterocycles. The summed E-state index contributed by atoms with van der Waals surface area (Å²) in [6.45, 7) is 0.883. The molecule has 2 fully saturated rings. The Kier molecular flexibility index (Phi) is 6.84. The number of amides is 2. The first-order valence-electron chi connectivity index (χ1n) is 12.5. The number of nitrogens with one attached hydrogen (secondary N) is 3. The SMILES string of the molecule is COc1cc(C(=O)N[C@H]2CCNC2)ccc1Nc1ncc2c(n1)N(C1CCCC1)CC(F)(F)C(=O)N2C. The Balaban J connectivity index is 1.43. The van der Waals surface area contributed by atoms with Crippen molar-refractivity contribution in [1.82, 2.24) is 20.6 Å². The van der Waals surface area contributed by atoms with Gasteiger partial charge in [-0.15, -0.1) is 0 Å². The molecule has 3 N–H and O–H groups in total. The highest BCUT2D eigenvalue weighted by Gasteiger charge is 2.48. The fraction of sp³-hybridized carbons (Fsp3) is 0.520. The number of benzene rings is 1. The topological polar surface area (TPSA) is 112 Å². The quantitative estimate of drug-likeness (QED) is 0.539. The largest absolute Gasteiger partial charge is 0.495 e. The number of rotatable bonds is 6. The summed E-state index contributed by atoms with van der Waals surface area (Å²) in [5, 5.41) is 9.30. The van der Waals surface area contributed by atoms with Gasteiger partial charge < -0.3 is 30.5 Å². The number of methoxy groups -OCH3 is 1. The molecule has 2 aliphatic heterocycles. The molecule has 1 saturated carbocycles. The number of carbonyl (C=O) groups is 2. The molecule has 10 nitrogen and oxygen atoms in total. The third kappa shape index (κ3) is 5.02. The van der Waals surface area contributed by atoms with Crippen LogP contribution >= 0.6 is 0 Å². The van der Waals surface area contributed by atoms with Gasteiger partial charge in [-0.3, -0.25) is 9.59 Å². The normalized spacial score (nSPS) is 21.5. The lowest BCUT2D eigenvalue weighted by Crippen LogP contribution is -2.48. The Morgan fingerprint density at radius 1 is 1.24 bits per heavy atom. The fourth-order valence-electron chi connectivity index (χ4n) is 5.21. The van der Waals surface area contributed by atoms with Crippen molar-refractivity contribution < 1.29 is 23.1 Å². The van der Waals surface area contributed by atoms with Crippen LogP contribution in [0.5, 0.6) is 5.75 Å². The van der Waals surface area contributed by atoms with Crippen LogP contribution in [0.15, 0.2) is 24.4 Å². The third-order valence-electron chi connectivity index (χ3n) is 7.24.